The lowest BCUT2D eigenvalue weighted by Crippen LogP contribution is -1.97. The Kier molecular flexibility index (Phi) is 5.89. The van der Waals surface area contributed by atoms with Crippen LogP contribution in [0.2, 0.25) is 0 Å². The Labute approximate surface area is 111 Å². The van der Waals surface area contributed by atoms with Crippen molar-refractivity contribution in [3.63, 3.8) is 0 Å². The van der Waals surface area contributed by atoms with Crippen molar-refractivity contribution in [3.05, 3.63) is 35.9 Å². The zero-order valence-corrected chi connectivity index (χ0v) is 10.7. The van der Waals surface area contributed by atoms with Crippen LogP contribution in [0, 0.1) is 0 Å². The van der Waals surface area contributed by atoms with Crippen molar-refractivity contribution >= 4 is 5.97 Å². The van der Waals surface area contributed by atoms with Crippen LogP contribution in [0.25, 0.3) is 0 Å². The summed E-state index contributed by atoms with van der Waals surface area (Å²) in [5, 5.41) is 27.9. The SMILES string of the molecule is COc1ccc([C@@H](O)CCC/C=C/C(=O)O)cc1O. The highest BCUT2D eigenvalue weighted by molar-refractivity contribution is 5.79. The average molecular weight is 266 g/mol. The Morgan fingerprint density at radius 3 is 2.79 bits per heavy atom. The molecule has 0 saturated heterocycles. The van der Waals surface area contributed by atoms with E-state index in [2.05, 4.69) is 0 Å². The lowest BCUT2D eigenvalue weighted by molar-refractivity contribution is -0.131. The van der Waals surface area contributed by atoms with Gasteiger partial charge in [0.2, 0.25) is 0 Å². The van der Waals surface area contributed by atoms with Gasteiger partial charge in [-0.2, -0.15) is 0 Å². The Morgan fingerprint density at radius 1 is 1.47 bits per heavy atom. The molecule has 0 saturated carbocycles. The van der Waals surface area contributed by atoms with Gasteiger partial charge in [0.05, 0.1) is 13.2 Å². The van der Waals surface area contributed by atoms with E-state index >= 15 is 0 Å². The maximum atomic E-state index is 10.2. The minimum Gasteiger partial charge on any atom is -0.504 e. The van der Waals surface area contributed by atoms with Crippen molar-refractivity contribution in [2.45, 2.75) is 25.4 Å². The number of hydrogen-bond acceptors (Lipinski definition) is 4. The standard InChI is InChI=1S/C14H18O5/c1-19-13-8-7-10(9-12(13)16)11(15)5-3-2-4-6-14(17)18/h4,6-9,11,15-16H,2-3,5H2,1H3,(H,17,18)/b6-4+/t11-/m0/s1. The first kappa shape index (κ1) is 15.0. The van der Waals surface area contributed by atoms with Gasteiger partial charge in [-0.25, -0.2) is 4.79 Å². The first-order chi connectivity index (χ1) is 9.04. The van der Waals surface area contributed by atoms with Gasteiger partial charge in [-0.05, 0) is 37.0 Å². The number of aliphatic carboxylic acids is 1. The number of aromatic hydroxyl groups is 1. The van der Waals surface area contributed by atoms with E-state index in [-0.39, 0.29) is 5.75 Å². The predicted molar refractivity (Wildman–Crippen MR) is 70.2 cm³/mol. The molecule has 1 atom stereocenters. The first-order valence-electron chi connectivity index (χ1n) is 5.99. The first-order valence-corrected chi connectivity index (χ1v) is 5.99. The van der Waals surface area contributed by atoms with E-state index in [9.17, 15) is 15.0 Å². The van der Waals surface area contributed by atoms with Crippen molar-refractivity contribution in [2.24, 2.45) is 0 Å². The Morgan fingerprint density at radius 2 is 2.21 bits per heavy atom. The maximum absolute atomic E-state index is 10.2. The molecule has 19 heavy (non-hydrogen) atoms. The molecule has 5 nitrogen and oxygen atoms in total. The van der Waals surface area contributed by atoms with Crippen LogP contribution in [0.4, 0.5) is 0 Å². The summed E-state index contributed by atoms with van der Waals surface area (Å²) in [6.07, 6.45) is 3.71. The number of methoxy groups -OCH3 is 1. The number of phenols is 1. The van der Waals surface area contributed by atoms with Crippen molar-refractivity contribution < 1.29 is 24.9 Å². The molecule has 0 radical (unpaired) electrons. The van der Waals surface area contributed by atoms with Crippen LogP contribution in [-0.4, -0.2) is 28.4 Å². The van der Waals surface area contributed by atoms with Gasteiger partial charge in [0, 0.05) is 6.08 Å². The third-order valence-corrected chi connectivity index (χ3v) is 2.70. The van der Waals surface area contributed by atoms with Crippen molar-refractivity contribution in [3.8, 4) is 11.5 Å². The molecule has 104 valence electrons. The molecule has 0 aliphatic carbocycles. The van der Waals surface area contributed by atoms with Gasteiger partial charge >= 0.3 is 5.97 Å². The summed E-state index contributed by atoms with van der Waals surface area (Å²) < 4.78 is 4.92. The molecule has 0 aliphatic rings. The number of unbranched alkanes of at least 4 members (excludes halogenated alkanes) is 1. The number of carboxylic acids is 1. The molecule has 1 aromatic rings. The fourth-order valence-electron chi connectivity index (χ4n) is 1.69. The number of rotatable bonds is 7. The molecule has 0 fully saturated rings. The number of ether oxygens (including phenoxy) is 1. The summed E-state index contributed by atoms with van der Waals surface area (Å²) >= 11 is 0. The molecule has 0 unspecified atom stereocenters. The van der Waals surface area contributed by atoms with Crippen LogP contribution in [0.1, 0.15) is 30.9 Å². The van der Waals surface area contributed by atoms with Gasteiger partial charge in [-0.15, -0.1) is 0 Å². The molecule has 0 aliphatic heterocycles. The number of benzene rings is 1. The van der Waals surface area contributed by atoms with E-state index in [4.69, 9.17) is 9.84 Å². The summed E-state index contributed by atoms with van der Waals surface area (Å²) in [5.41, 5.74) is 0.612. The topological polar surface area (TPSA) is 87.0 Å². The summed E-state index contributed by atoms with van der Waals surface area (Å²) in [7, 11) is 1.46. The molecule has 0 spiro atoms. The molecular weight excluding hydrogens is 248 g/mol. The summed E-state index contributed by atoms with van der Waals surface area (Å²) in [5.74, 6) is -0.620. The number of aliphatic hydroxyl groups excluding tert-OH is 1. The van der Waals surface area contributed by atoms with Crippen LogP contribution in [0.5, 0.6) is 11.5 Å². The van der Waals surface area contributed by atoms with Crippen LogP contribution in [0.3, 0.4) is 0 Å². The van der Waals surface area contributed by atoms with Gasteiger partial charge < -0.3 is 20.1 Å². The highest BCUT2D eigenvalue weighted by Crippen LogP contribution is 2.30. The van der Waals surface area contributed by atoms with E-state index in [1.54, 1.807) is 18.2 Å². The number of hydrogen-bond donors (Lipinski definition) is 3. The Hall–Kier alpha value is -2.01. The van der Waals surface area contributed by atoms with Gasteiger partial charge in [0.15, 0.2) is 11.5 Å². The molecular formula is C14H18O5. The fourth-order valence-corrected chi connectivity index (χ4v) is 1.69. The average Bonchev–Trinajstić information content (AvgIpc) is 2.37. The van der Waals surface area contributed by atoms with Crippen LogP contribution < -0.4 is 4.74 Å². The number of carbonyl (C=O) groups is 1. The number of phenolic OH excluding ortho intramolecular Hbond substituents is 1. The van der Waals surface area contributed by atoms with E-state index in [1.165, 1.54) is 13.2 Å². The number of aliphatic hydroxyl groups is 1. The summed E-state index contributed by atoms with van der Waals surface area (Å²) in [6.45, 7) is 0. The molecule has 1 rings (SSSR count). The highest BCUT2D eigenvalue weighted by Gasteiger charge is 2.10. The second-order valence-electron chi connectivity index (χ2n) is 4.12. The normalized spacial score (nSPS) is 12.5. The minimum absolute atomic E-state index is 0.00942. The molecule has 5 heteroatoms. The second kappa shape index (κ2) is 7.43. The van der Waals surface area contributed by atoms with Crippen LogP contribution in [0.15, 0.2) is 30.4 Å². The van der Waals surface area contributed by atoms with Crippen molar-refractivity contribution in [2.75, 3.05) is 7.11 Å². The third kappa shape index (κ3) is 5.01. The van der Waals surface area contributed by atoms with Gasteiger partial charge in [-0.3, -0.25) is 0 Å². The highest BCUT2D eigenvalue weighted by atomic mass is 16.5. The molecule has 0 aromatic heterocycles. The maximum Gasteiger partial charge on any atom is 0.327 e. The quantitative estimate of drug-likeness (QED) is 0.520. The molecule has 0 bridgehead atoms. The Bertz CT molecular complexity index is 453. The predicted octanol–water partition coefficient (Wildman–Crippen LogP) is 2.25. The van der Waals surface area contributed by atoms with E-state index in [1.807, 2.05) is 0 Å². The van der Waals surface area contributed by atoms with Crippen molar-refractivity contribution in [1.82, 2.24) is 0 Å². The zero-order valence-electron chi connectivity index (χ0n) is 10.7. The molecule has 0 heterocycles. The van der Waals surface area contributed by atoms with Crippen LogP contribution in [-0.2, 0) is 4.79 Å². The molecule has 0 amide bonds. The lowest BCUT2D eigenvalue weighted by Gasteiger charge is -2.12. The van der Waals surface area contributed by atoms with E-state index < -0.39 is 12.1 Å². The van der Waals surface area contributed by atoms with Crippen molar-refractivity contribution in [1.29, 1.82) is 0 Å². The number of carboxylic acid groups (broad SMARTS) is 1. The third-order valence-electron chi connectivity index (χ3n) is 2.70. The largest absolute Gasteiger partial charge is 0.504 e. The fraction of sp³-hybridized carbons (Fsp3) is 0.357. The Balaban J connectivity index is 2.47. The van der Waals surface area contributed by atoms with Crippen LogP contribution >= 0.6 is 0 Å². The summed E-state index contributed by atoms with van der Waals surface area (Å²) in [6, 6.07) is 4.76. The summed E-state index contributed by atoms with van der Waals surface area (Å²) in [4.78, 5) is 10.2. The smallest absolute Gasteiger partial charge is 0.327 e. The lowest BCUT2D eigenvalue weighted by atomic mass is 10.0. The zero-order chi connectivity index (χ0) is 14.3. The van der Waals surface area contributed by atoms with E-state index in [0.717, 1.165) is 6.08 Å². The monoisotopic (exact) mass is 266 g/mol. The minimum atomic E-state index is -0.972. The second-order valence-corrected chi connectivity index (χ2v) is 4.12. The van der Waals surface area contributed by atoms with Gasteiger partial charge in [0.1, 0.15) is 0 Å². The van der Waals surface area contributed by atoms with E-state index in [0.29, 0.717) is 30.6 Å². The molecule has 3 N–H and O–H groups in total. The number of allylic oxidation sites excluding steroid dienone is 1. The van der Waals surface area contributed by atoms with Gasteiger partial charge in [0.25, 0.3) is 0 Å². The molecule has 1 aromatic carbocycles. The van der Waals surface area contributed by atoms with Gasteiger partial charge in [-0.1, -0.05) is 12.1 Å².